The zero-order valence-corrected chi connectivity index (χ0v) is 14.3. The number of benzene rings is 1. The number of aromatic nitrogens is 2. The zero-order chi connectivity index (χ0) is 16.1. The molecule has 0 aliphatic carbocycles. The Morgan fingerprint density at radius 2 is 2.18 bits per heavy atom. The van der Waals surface area contributed by atoms with Crippen LogP contribution in [0.3, 0.4) is 0 Å². The lowest BCUT2D eigenvalue weighted by Crippen LogP contribution is -2.34. The molecule has 3 rings (SSSR count). The molecule has 5 nitrogen and oxygen atoms in total. The normalized spacial score (nSPS) is 21.4. The van der Waals surface area contributed by atoms with Gasteiger partial charge in [-0.05, 0) is 19.9 Å². The Balaban J connectivity index is 2.14. The average molecular weight is 358 g/mol. The Bertz CT molecular complexity index is 865. The van der Waals surface area contributed by atoms with Crippen LogP contribution in [-0.2, 0) is 6.54 Å². The summed E-state index contributed by atoms with van der Waals surface area (Å²) in [6, 6.07) is 1.35. The van der Waals surface area contributed by atoms with Gasteiger partial charge in [0, 0.05) is 5.75 Å². The van der Waals surface area contributed by atoms with Crippen LogP contribution in [0.5, 0.6) is 5.75 Å². The van der Waals surface area contributed by atoms with Gasteiger partial charge in [-0.15, -0.1) is 11.8 Å². The van der Waals surface area contributed by atoms with Crippen LogP contribution in [0, 0.1) is 0 Å². The summed E-state index contributed by atoms with van der Waals surface area (Å²) in [5.41, 5.74) is -0.549. The summed E-state index contributed by atoms with van der Waals surface area (Å²) >= 11 is 13.6. The van der Waals surface area contributed by atoms with E-state index in [0.717, 1.165) is 10.8 Å². The van der Waals surface area contributed by atoms with Gasteiger partial charge in [0.1, 0.15) is 5.52 Å². The van der Waals surface area contributed by atoms with E-state index in [0.29, 0.717) is 6.54 Å². The van der Waals surface area contributed by atoms with E-state index in [9.17, 15) is 9.90 Å². The minimum absolute atomic E-state index is 0.0709. The third kappa shape index (κ3) is 2.59. The van der Waals surface area contributed by atoms with Gasteiger partial charge in [-0.2, -0.15) is 0 Å². The second kappa shape index (κ2) is 5.44. The maximum atomic E-state index is 12.7. The number of fused-ring (bicyclic) bond motifs is 1. The van der Waals surface area contributed by atoms with E-state index in [1.54, 1.807) is 11.8 Å². The Morgan fingerprint density at radius 1 is 1.45 bits per heavy atom. The first-order valence-corrected chi connectivity index (χ1v) is 8.30. The van der Waals surface area contributed by atoms with Crippen molar-refractivity contribution in [3.63, 3.8) is 0 Å². The van der Waals surface area contributed by atoms with E-state index in [2.05, 4.69) is 9.98 Å². The van der Waals surface area contributed by atoms with Gasteiger partial charge in [-0.1, -0.05) is 23.2 Å². The lowest BCUT2D eigenvalue weighted by molar-refractivity contribution is 0.440. The summed E-state index contributed by atoms with van der Waals surface area (Å²) in [7, 11) is 0. The quantitative estimate of drug-likeness (QED) is 0.894. The Hall–Kier alpha value is -1.24. The molecule has 22 heavy (non-hydrogen) atoms. The lowest BCUT2D eigenvalue weighted by atomic mass is 10.1. The number of hydrogen-bond donors (Lipinski definition) is 1. The fourth-order valence-corrected chi connectivity index (χ4v) is 4.01. The number of halogens is 2. The third-order valence-corrected chi connectivity index (χ3v) is 5.37. The van der Waals surface area contributed by atoms with Crippen molar-refractivity contribution in [2.45, 2.75) is 25.9 Å². The summed E-state index contributed by atoms with van der Waals surface area (Å²) in [6.45, 7) is 4.35. The van der Waals surface area contributed by atoms with Crippen molar-refractivity contribution in [2.75, 3.05) is 5.75 Å². The molecule has 0 saturated carbocycles. The highest BCUT2D eigenvalue weighted by Crippen LogP contribution is 2.34. The van der Waals surface area contributed by atoms with Crippen molar-refractivity contribution in [1.29, 1.82) is 0 Å². The van der Waals surface area contributed by atoms with Crippen LogP contribution in [0.1, 0.15) is 13.8 Å². The molecule has 2 aromatic rings. The summed E-state index contributed by atoms with van der Waals surface area (Å²) in [5, 5.41) is 11.4. The first-order chi connectivity index (χ1) is 10.3. The van der Waals surface area contributed by atoms with E-state index in [1.807, 2.05) is 13.8 Å². The molecule has 1 atom stereocenters. The van der Waals surface area contributed by atoms with Crippen molar-refractivity contribution in [3.05, 3.63) is 32.8 Å². The number of hydrogen-bond acceptors (Lipinski definition) is 5. The largest absolute Gasteiger partial charge is 0.504 e. The van der Waals surface area contributed by atoms with Crippen LogP contribution < -0.4 is 5.56 Å². The summed E-state index contributed by atoms with van der Waals surface area (Å²) in [6.07, 6.45) is 1.40. The Kier molecular flexibility index (Phi) is 3.87. The molecule has 0 bridgehead atoms. The molecule has 0 radical (unpaired) electrons. The van der Waals surface area contributed by atoms with Gasteiger partial charge in [0.2, 0.25) is 0 Å². The summed E-state index contributed by atoms with van der Waals surface area (Å²) in [4.78, 5) is 21.4. The monoisotopic (exact) mass is 357 g/mol. The smallest absolute Gasteiger partial charge is 0.262 e. The first-order valence-electron chi connectivity index (χ1n) is 6.56. The fraction of sp³-hybridized carbons (Fsp3) is 0.357. The molecule has 1 aliphatic heterocycles. The summed E-state index contributed by atoms with van der Waals surface area (Å²) in [5.74, 6) is 0.574. The molecular formula is C14H13Cl2N3O2S. The van der Waals surface area contributed by atoms with Crippen LogP contribution in [0.4, 0.5) is 0 Å². The van der Waals surface area contributed by atoms with Crippen LogP contribution >= 0.6 is 35.0 Å². The predicted octanol–water partition coefficient (Wildman–Crippen LogP) is 3.33. The highest BCUT2D eigenvalue weighted by Gasteiger charge is 2.30. The molecule has 2 heterocycles. The van der Waals surface area contributed by atoms with Crippen molar-refractivity contribution < 1.29 is 5.11 Å². The molecule has 116 valence electrons. The fourth-order valence-electron chi connectivity index (χ4n) is 2.51. The lowest BCUT2D eigenvalue weighted by Gasteiger charge is -2.21. The zero-order valence-electron chi connectivity index (χ0n) is 11.9. The second-order valence-electron chi connectivity index (χ2n) is 5.51. The molecule has 0 fully saturated rings. The number of rotatable bonds is 2. The molecule has 0 saturated heterocycles. The number of phenolic OH excluding ortho intramolecular Hbond substituents is 1. The minimum Gasteiger partial charge on any atom is -0.504 e. The topological polar surface area (TPSA) is 67.5 Å². The van der Waals surface area contributed by atoms with Crippen LogP contribution in [-0.4, -0.2) is 31.0 Å². The van der Waals surface area contributed by atoms with Crippen LogP contribution in [0.2, 0.25) is 10.0 Å². The molecule has 1 aromatic carbocycles. The summed E-state index contributed by atoms with van der Waals surface area (Å²) < 4.78 is 1.48. The highest BCUT2D eigenvalue weighted by molar-refractivity contribution is 8.14. The van der Waals surface area contributed by atoms with Crippen LogP contribution in [0.25, 0.3) is 10.9 Å². The number of thioether (sulfide) groups is 1. The van der Waals surface area contributed by atoms with Gasteiger partial charge < -0.3 is 5.11 Å². The van der Waals surface area contributed by atoms with Gasteiger partial charge in [-0.25, -0.2) is 4.98 Å². The van der Waals surface area contributed by atoms with Gasteiger partial charge in [0.25, 0.3) is 5.56 Å². The maximum absolute atomic E-state index is 12.7. The Labute approximate surface area is 141 Å². The molecule has 1 aliphatic rings. The molecule has 0 amide bonds. The number of nitrogens with zero attached hydrogens (tertiary/aromatic N) is 3. The number of aromatic hydroxyl groups is 1. The van der Waals surface area contributed by atoms with E-state index in [-0.39, 0.29) is 37.8 Å². The average Bonchev–Trinajstić information content (AvgIpc) is 2.78. The van der Waals surface area contributed by atoms with Gasteiger partial charge in [0.05, 0.1) is 38.9 Å². The number of aliphatic imine (C=N–C) groups is 1. The molecule has 8 heteroatoms. The molecule has 1 N–H and O–H groups in total. The van der Waals surface area contributed by atoms with Crippen molar-refractivity contribution in [2.24, 2.45) is 4.99 Å². The van der Waals surface area contributed by atoms with E-state index >= 15 is 0 Å². The van der Waals surface area contributed by atoms with Crippen molar-refractivity contribution >= 4 is 50.9 Å². The third-order valence-electron chi connectivity index (χ3n) is 3.51. The van der Waals surface area contributed by atoms with Crippen LogP contribution in [0.15, 0.2) is 22.2 Å². The first kappa shape index (κ1) is 15.6. The minimum atomic E-state index is -0.352. The Morgan fingerprint density at radius 3 is 2.82 bits per heavy atom. The molecule has 1 aromatic heterocycles. The van der Waals surface area contributed by atoms with E-state index in [4.69, 9.17) is 23.2 Å². The maximum Gasteiger partial charge on any atom is 0.262 e. The standard InChI is InChI=1S/C14H13Cl2N3O2S/c1-7-18-14(2,5-22-7)4-19-6-17-11-10(13(19)21)8(15)3-9(16)12(11)20/h3,6,20H,4-5H2,1-2H3. The van der Waals surface area contributed by atoms with Crippen molar-refractivity contribution in [1.82, 2.24) is 9.55 Å². The van der Waals surface area contributed by atoms with Gasteiger partial charge in [-0.3, -0.25) is 14.4 Å². The van der Waals surface area contributed by atoms with E-state index in [1.165, 1.54) is 17.0 Å². The highest BCUT2D eigenvalue weighted by atomic mass is 35.5. The molecule has 1 unspecified atom stereocenters. The second-order valence-corrected chi connectivity index (χ2v) is 7.49. The van der Waals surface area contributed by atoms with E-state index < -0.39 is 0 Å². The predicted molar refractivity (Wildman–Crippen MR) is 91.7 cm³/mol. The van der Waals surface area contributed by atoms with Gasteiger partial charge in [0.15, 0.2) is 5.75 Å². The molecule has 0 spiro atoms. The molecular weight excluding hydrogens is 345 g/mol. The SMILES string of the molecule is CC1=NC(C)(Cn2cnc3c(O)c(Cl)cc(Cl)c3c2=O)CS1. The van der Waals surface area contributed by atoms with Crippen molar-refractivity contribution in [3.8, 4) is 5.75 Å². The van der Waals surface area contributed by atoms with Gasteiger partial charge >= 0.3 is 0 Å². The number of phenols is 1.